The summed E-state index contributed by atoms with van der Waals surface area (Å²) in [7, 11) is 3.59. The number of ether oxygens (including phenoxy) is 1. The van der Waals surface area contributed by atoms with Gasteiger partial charge in [-0.15, -0.1) is 11.3 Å². The molecule has 1 N–H and O–H groups in total. The molecule has 0 spiro atoms. The molecule has 0 atom stereocenters. The highest BCUT2D eigenvalue weighted by Crippen LogP contribution is 2.31. The van der Waals surface area contributed by atoms with Gasteiger partial charge in [-0.3, -0.25) is 4.98 Å². The van der Waals surface area contributed by atoms with E-state index in [1.54, 1.807) is 18.4 Å². The molecule has 0 aliphatic heterocycles. The Labute approximate surface area is 121 Å². The number of fused-ring (bicyclic) bond motifs is 1. The van der Waals surface area contributed by atoms with Crippen molar-refractivity contribution in [2.24, 2.45) is 0 Å². The Morgan fingerprint density at radius 2 is 2.15 bits per heavy atom. The first-order chi connectivity index (χ1) is 9.80. The van der Waals surface area contributed by atoms with E-state index in [0.717, 1.165) is 38.6 Å². The van der Waals surface area contributed by atoms with Crippen molar-refractivity contribution in [1.29, 1.82) is 0 Å². The molecule has 0 amide bonds. The molecule has 102 valence electrons. The summed E-state index contributed by atoms with van der Waals surface area (Å²) < 4.78 is 6.38. The van der Waals surface area contributed by atoms with E-state index in [4.69, 9.17) is 4.74 Å². The number of nitrogens with one attached hydrogen (secondary N) is 1. The number of rotatable bonds is 4. The van der Waals surface area contributed by atoms with E-state index in [-0.39, 0.29) is 0 Å². The zero-order valence-corrected chi connectivity index (χ0v) is 12.2. The summed E-state index contributed by atoms with van der Waals surface area (Å²) in [6.07, 6.45) is 3.73. The fraction of sp³-hybridized carbons (Fsp3) is 0.200. The minimum atomic E-state index is 0.805. The van der Waals surface area contributed by atoms with Gasteiger partial charge in [0.05, 0.1) is 17.3 Å². The topological polar surface area (TPSA) is 47.0 Å². The van der Waals surface area contributed by atoms with E-state index in [1.807, 2.05) is 37.6 Å². The fourth-order valence-electron chi connectivity index (χ4n) is 2.06. The minimum absolute atomic E-state index is 0.805. The van der Waals surface area contributed by atoms with Gasteiger partial charge < -0.3 is 10.1 Å². The third-order valence-electron chi connectivity index (χ3n) is 3.02. The standard InChI is InChI=1S/C15H15N3OS/c1-16-7-10-5-11(9-17-8-10)15-18-13-6-12(19-2)3-4-14(13)20-15/h3-6,8-9,16H,7H2,1-2H3. The van der Waals surface area contributed by atoms with Gasteiger partial charge in [-0.1, -0.05) is 0 Å². The van der Waals surface area contributed by atoms with Crippen molar-refractivity contribution in [3.63, 3.8) is 0 Å². The van der Waals surface area contributed by atoms with Crippen LogP contribution in [-0.4, -0.2) is 24.1 Å². The summed E-state index contributed by atoms with van der Waals surface area (Å²) in [6.45, 7) is 0.805. The number of benzene rings is 1. The van der Waals surface area contributed by atoms with E-state index in [2.05, 4.69) is 21.4 Å². The Kier molecular flexibility index (Phi) is 3.62. The molecule has 2 heterocycles. The van der Waals surface area contributed by atoms with Gasteiger partial charge in [-0.05, 0) is 30.8 Å². The molecule has 0 unspecified atom stereocenters. The number of methoxy groups -OCH3 is 1. The maximum Gasteiger partial charge on any atom is 0.126 e. The van der Waals surface area contributed by atoms with E-state index < -0.39 is 0 Å². The number of hydrogen-bond donors (Lipinski definition) is 1. The van der Waals surface area contributed by atoms with Crippen LogP contribution in [0, 0.1) is 0 Å². The van der Waals surface area contributed by atoms with Crippen LogP contribution in [0.1, 0.15) is 5.56 Å². The lowest BCUT2D eigenvalue weighted by atomic mass is 10.2. The van der Waals surface area contributed by atoms with Gasteiger partial charge in [0.25, 0.3) is 0 Å². The van der Waals surface area contributed by atoms with Gasteiger partial charge in [0.15, 0.2) is 0 Å². The van der Waals surface area contributed by atoms with Crippen LogP contribution in [-0.2, 0) is 6.54 Å². The Morgan fingerprint density at radius 1 is 1.25 bits per heavy atom. The zero-order chi connectivity index (χ0) is 13.9. The lowest BCUT2D eigenvalue weighted by molar-refractivity contribution is 0.415. The molecule has 0 saturated carbocycles. The first-order valence-corrected chi connectivity index (χ1v) is 7.15. The summed E-state index contributed by atoms with van der Waals surface area (Å²) in [4.78, 5) is 8.96. The second kappa shape index (κ2) is 5.56. The maximum absolute atomic E-state index is 5.23. The molecule has 0 aliphatic carbocycles. The predicted molar refractivity (Wildman–Crippen MR) is 82.2 cm³/mol. The number of pyridine rings is 1. The Balaban J connectivity index is 2.03. The normalized spacial score (nSPS) is 10.9. The summed E-state index contributed by atoms with van der Waals surface area (Å²) in [6, 6.07) is 8.08. The SMILES string of the molecule is CNCc1cncc(-c2nc3cc(OC)ccc3s2)c1. The monoisotopic (exact) mass is 285 g/mol. The fourth-order valence-corrected chi connectivity index (χ4v) is 2.99. The molecule has 3 aromatic rings. The first kappa shape index (κ1) is 13.0. The van der Waals surface area contributed by atoms with Crippen LogP contribution in [0.5, 0.6) is 5.75 Å². The summed E-state index contributed by atoms with van der Waals surface area (Å²) in [5, 5.41) is 4.12. The van der Waals surface area contributed by atoms with Crippen LogP contribution in [0.25, 0.3) is 20.8 Å². The minimum Gasteiger partial charge on any atom is -0.497 e. The predicted octanol–water partition coefficient (Wildman–Crippen LogP) is 3.09. The quantitative estimate of drug-likeness (QED) is 0.800. The molecule has 0 fully saturated rings. The lowest BCUT2D eigenvalue weighted by Crippen LogP contribution is -2.05. The van der Waals surface area contributed by atoms with E-state index in [1.165, 1.54) is 0 Å². The second-order valence-corrected chi connectivity index (χ2v) is 5.50. The molecule has 0 bridgehead atoms. The first-order valence-electron chi connectivity index (χ1n) is 6.33. The highest BCUT2D eigenvalue weighted by Gasteiger charge is 2.08. The number of nitrogens with zero attached hydrogens (tertiary/aromatic N) is 2. The number of aromatic nitrogens is 2. The van der Waals surface area contributed by atoms with E-state index >= 15 is 0 Å². The zero-order valence-electron chi connectivity index (χ0n) is 11.4. The second-order valence-electron chi connectivity index (χ2n) is 4.46. The molecule has 4 nitrogen and oxygen atoms in total. The van der Waals surface area contributed by atoms with Crippen LogP contribution >= 0.6 is 11.3 Å². The van der Waals surface area contributed by atoms with Gasteiger partial charge in [-0.25, -0.2) is 4.98 Å². The third kappa shape index (κ3) is 2.50. The van der Waals surface area contributed by atoms with Crippen LogP contribution in [0.2, 0.25) is 0 Å². The van der Waals surface area contributed by atoms with Gasteiger partial charge in [0.2, 0.25) is 0 Å². The number of hydrogen-bond acceptors (Lipinski definition) is 5. The smallest absolute Gasteiger partial charge is 0.126 e. The molecule has 3 rings (SSSR count). The van der Waals surface area contributed by atoms with Crippen LogP contribution in [0.4, 0.5) is 0 Å². The van der Waals surface area contributed by atoms with E-state index in [0.29, 0.717) is 0 Å². The molecule has 1 aromatic carbocycles. The van der Waals surface area contributed by atoms with Crippen molar-refractivity contribution in [3.05, 3.63) is 42.2 Å². The van der Waals surface area contributed by atoms with Crippen molar-refractivity contribution in [2.45, 2.75) is 6.54 Å². The van der Waals surface area contributed by atoms with Crippen LogP contribution < -0.4 is 10.1 Å². The van der Waals surface area contributed by atoms with Crippen molar-refractivity contribution < 1.29 is 4.74 Å². The molecular weight excluding hydrogens is 270 g/mol. The largest absolute Gasteiger partial charge is 0.497 e. The van der Waals surface area contributed by atoms with Crippen LogP contribution in [0.3, 0.4) is 0 Å². The molecule has 0 saturated heterocycles. The summed E-state index contributed by atoms with van der Waals surface area (Å²) in [5.74, 6) is 0.830. The average molecular weight is 285 g/mol. The summed E-state index contributed by atoms with van der Waals surface area (Å²) >= 11 is 1.67. The van der Waals surface area contributed by atoms with Crippen molar-refractivity contribution >= 4 is 21.6 Å². The molecule has 2 aromatic heterocycles. The van der Waals surface area contributed by atoms with Crippen LogP contribution in [0.15, 0.2) is 36.7 Å². The third-order valence-corrected chi connectivity index (χ3v) is 4.10. The van der Waals surface area contributed by atoms with Gasteiger partial charge in [-0.2, -0.15) is 0 Å². The maximum atomic E-state index is 5.23. The van der Waals surface area contributed by atoms with Crippen molar-refractivity contribution in [1.82, 2.24) is 15.3 Å². The average Bonchev–Trinajstić information content (AvgIpc) is 2.90. The Bertz CT molecular complexity index is 739. The molecule has 0 radical (unpaired) electrons. The Morgan fingerprint density at radius 3 is 2.95 bits per heavy atom. The molecule has 5 heteroatoms. The highest BCUT2D eigenvalue weighted by atomic mass is 32.1. The van der Waals surface area contributed by atoms with Crippen molar-refractivity contribution in [3.8, 4) is 16.3 Å². The molecule has 20 heavy (non-hydrogen) atoms. The van der Waals surface area contributed by atoms with Gasteiger partial charge >= 0.3 is 0 Å². The van der Waals surface area contributed by atoms with E-state index in [9.17, 15) is 0 Å². The summed E-state index contributed by atoms with van der Waals surface area (Å²) in [5.41, 5.74) is 3.17. The molecule has 0 aliphatic rings. The lowest BCUT2D eigenvalue weighted by Gasteiger charge is -2.01. The van der Waals surface area contributed by atoms with Gasteiger partial charge in [0, 0.05) is 30.6 Å². The Hall–Kier alpha value is -1.98. The molecular formula is C15H15N3OS. The number of thiazole rings is 1. The van der Waals surface area contributed by atoms with Gasteiger partial charge in [0.1, 0.15) is 10.8 Å². The highest BCUT2D eigenvalue weighted by molar-refractivity contribution is 7.21. The van der Waals surface area contributed by atoms with Crippen molar-refractivity contribution in [2.75, 3.05) is 14.2 Å².